The molecule has 5 nitrogen and oxygen atoms in total. The van der Waals surface area contributed by atoms with E-state index in [9.17, 15) is 9.90 Å². The van der Waals surface area contributed by atoms with Crippen LogP contribution in [0.25, 0.3) is 11.3 Å². The molecule has 6 heteroatoms. The van der Waals surface area contributed by atoms with Crippen molar-refractivity contribution in [3.8, 4) is 11.3 Å². The number of aromatic nitrogens is 3. The van der Waals surface area contributed by atoms with E-state index in [0.717, 1.165) is 11.3 Å². The fourth-order valence-electron chi connectivity index (χ4n) is 2.25. The van der Waals surface area contributed by atoms with Crippen molar-refractivity contribution in [2.75, 3.05) is 0 Å². The number of hydrogen-bond acceptors (Lipinski definition) is 3. The van der Waals surface area contributed by atoms with Crippen LogP contribution in [0.1, 0.15) is 15.9 Å². The van der Waals surface area contributed by atoms with E-state index in [1.54, 1.807) is 47.3 Å². The number of hydrogen-bond donors (Lipinski definition) is 1. The van der Waals surface area contributed by atoms with Gasteiger partial charge < -0.3 is 5.11 Å². The second kappa shape index (κ2) is 5.99. The van der Waals surface area contributed by atoms with Gasteiger partial charge in [0.1, 0.15) is 0 Å². The van der Waals surface area contributed by atoms with Gasteiger partial charge in [-0.05, 0) is 23.8 Å². The molecule has 3 rings (SSSR count). The van der Waals surface area contributed by atoms with Crippen molar-refractivity contribution >= 4 is 17.6 Å². The molecule has 0 amide bonds. The molecule has 2 aromatic carbocycles. The van der Waals surface area contributed by atoms with Gasteiger partial charge >= 0.3 is 5.97 Å². The zero-order valence-electron chi connectivity index (χ0n) is 11.5. The molecule has 3 aromatic rings. The van der Waals surface area contributed by atoms with Crippen LogP contribution in [0.4, 0.5) is 0 Å². The maximum Gasteiger partial charge on any atom is 0.336 e. The average molecular weight is 314 g/mol. The lowest BCUT2D eigenvalue weighted by Crippen LogP contribution is -2.09. The summed E-state index contributed by atoms with van der Waals surface area (Å²) in [5, 5.41) is 17.9. The first-order valence-corrected chi connectivity index (χ1v) is 6.98. The highest BCUT2D eigenvalue weighted by Gasteiger charge is 2.12. The minimum atomic E-state index is -0.955. The summed E-state index contributed by atoms with van der Waals surface area (Å²) in [5.74, 6) is -0.955. The molecular formula is C16H12ClN3O2. The van der Waals surface area contributed by atoms with Crippen LogP contribution in [0.2, 0.25) is 5.02 Å². The molecule has 0 aliphatic rings. The average Bonchev–Trinajstić information content (AvgIpc) is 2.96. The SMILES string of the molecule is O=C(O)c1ccccc1Cn1nncc1-c1ccc(Cl)cc1. The topological polar surface area (TPSA) is 68.0 Å². The van der Waals surface area contributed by atoms with E-state index in [1.165, 1.54) is 0 Å². The molecule has 0 fully saturated rings. The van der Waals surface area contributed by atoms with Gasteiger partial charge in [0.15, 0.2) is 0 Å². The van der Waals surface area contributed by atoms with E-state index < -0.39 is 5.97 Å². The van der Waals surface area contributed by atoms with E-state index in [4.69, 9.17) is 11.6 Å². The molecule has 0 aliphatic heterocycles. The van der Waals surface area contributed by atoms with Gasteiger partial charge in [-0.1, -0.05) is 47.1 Å². The predicted octanol–water partition coefficient (Wildman–Crippen LogP) is 3.35. The van der Waals surface area contributed by atoms with Crippen LogP contribution in [0, 0.1) is 0 Å². The van der Waals surface area contributed by atoms with Gasteiger partial charge in [0.2, 0.25) is 0 Å². The summed E-state index contributed by atoms with van der Waals surface area (Å²) >= 11 is 5.89. The molecule has 110 valence electrons. The molecule has 22 heavy (non-hydrogen) atoms. The molecule has 0 saturated carbocycles. The molecular weight excluding hydrogens is 302 g/mol. The first-order valence-electron chi connectivity index (χ1n) is 6.61. The van der Waals surface area contributed by atoms with Crippen molar-refractivity contribution in [2.24, 2.45) is 0 Å². The van der Waals surface area contributed by atoms with Gasteiger partial charge in [0.25, 0.3) is 0 Å². The molecule has 1 N–H and O–H groups in total. The summed E-state index contributed by atoms with van der Waals surface area (Å²) in [7, 11) is 0. The summed E-state index contributed by atoms with van der Waals surface area (Å²) in [4.78, 5) is 11.3. The van der Waals surface area contributed by atoms with E-state index in [2.05, 4.69) is 10.3 Å². The van der Waals surface area contributed by atoms with E-state index in [0.29, 0.717) is 17.1 Å². The van der Waals surface area contributed by atoms with E-state index in [1.807, 2.05) is 12.1 Å². The standard InChI is InChI=1S/C16H12ClN3O2/c17-13-7-5-11(6-8-13)15-9-18-19-20(15)10-12-3-1-2-4-14(12)16(21)22/h1-9H,10H2,(H,21,22). The van der Waals surface area contributed by atoms with Crippen molar-refractivity contribution in [3.05, 3.63) is 70.9 Å². The summed E-state index contributed by atoms with van der Waals surface area (Å²) < 4.78 is 1.67. The second-order valence-electron chi connectivity index (χ2n) is 4.75. The highest BCUT2D eigenvalue weighted by molar-refractivity contribution is 6.30. The Labute approximate surface area is 131 Å². The van der Waals surface area contributed by atoms with Crippen LogP contribution in [-0.4, -0.2) is 26.1 Å². The van der Waals surface area contributed by atoms with Crippen LogP contribution < -0.4 is 0 Å². The lowest BCUT2D eigenvalue weighted by molar-refractivity contribution is 0.0695. The monoisotopic (exact) mass is 313 g/mol. The van der Waals surface area contributed by atoms with Crippen molar-refractivity contribution in [1.29, 1.82) is 0 Å². The molecule has 0 atom stereocenters. The third-order valence-corrected chi connectivity index (χ3v) is 3.58. The van der Waals surface area contributed by atoms with E-state index >= 15 is 0 Å². The Balaban J connectivity index is 1.97. The van der Waals surface area contributed by atoms with Crippen molar-refractivity contribution < 1.29 is 9.90 Å². The van der Waals surface area contributed by atoms with Gasteiger partial charge in [-0.15, -0.1) is 5.10 Å². The van der Waals surface area contributed by atoms with Gasteiger partial charge in [0, 0.05) is 10.6 Å². The van der Waals surface area contributed by atoms with Crippen LogP contribution in [0.15, 0.2) is 54.7 Å². The number of benzene rings is 2. The number of carbonyl (C=O) groups is 1. The van der Waals surface area contributed by atoms with Crippen LogP contribution in [0.3, 0.4) is 0 Å². The van der Waals surface area contributed by atoms with Crippen LogP contribution >= 0.6 is 11.6 Å². The van der Waals surface area contributed by atoms with Crippen molar-refractivity contribution in [2.45, 2.75) is 6.54 Å². The fourth-order valence-corrected chi connectivity index (χ4v) is 2.37. The summed E-state index contributed by atoms with van der Waals surface area (Å²) in [5.41, 5.74) is 2.66. The predicted molar refractivity (Wildman–Crippen MR) is 83.0 cm³/mol. The Hall–Kier alpha value is -2.66. The molecule has 0 saturated heterocycles. The maximum atomic E-state index is 11.3. The third-order valence-electron chi connectivity index (χ3n) is 3.33. The second-order valence-corrected chi connectivity index (χ2v) is 5.18. The Morgan fingerprint density at radius 2 is 1.86 bits per heavy atom. The Morgan fingerprint density at radius 1 is 1.14 bits per heavy atom. The van der Waals surface area contributed by atoms with Crippen LogP contribution in [0.5, 0.6) is 0 Å². The Morgan fingerprint density at radius 3 is 2.59 bits per heavy atom. The molecule has 0 spiro atoms. The lowest BCUT2D eigenvalue weighted by Gasteiger charge is -2.09. The van der Waals surface area contributed by atoms with Crippen molar-refractivity contribution in [1.82, 2.24) is 15.0 Å². The molecule has 1 heterocycles. The highest BCUT2D eigenvalue weighted by Crippen LogP contribution is 2.21. The van der Waals surface area contributed by atoms with Gasteiger partial charge in [-0.3, -0.25) is 0 Å². The number of nitrogens with zero attached hydrogens (tertiary/aromatic N) is 3. The molecule has 1 aromatic heterocycles. The number of carboxylic acid groups (broad SMARTS) is 1. The third kappa shape index (κ3) is 2.84. The fraction of sp³-hybridized carbons (Fsp3) is 0.0625. The summed E-state index contributed by atoms with van der Waals surface area (Å²) in [6, 6.07) is 14.2. The number of aromatic carboxylic acids is 1. The number of carboxylic acids is 1. The van der Waals surface area contributed by atoms with E-state index in [-0.39, 0.29) is 5.56 Å². The number of halogens is 1. The normalized spacial score (nSPS) is 10.6. The van der Waals surface area contributed by atoms with Crippen LogP contribution in [-0.2, 0) is 6.54 Å². The largest absolute Gasteiger partial charge is 0.478 e. The first-order chi connectivity index (χ1) is 10.6. The zero-order chi connectivity index (χ0) is 15.5. The quantitative estimate of drug-likeness (QED) is 0.802. The maximum absolute atomic E-state index is 11.3. The lowest BCUT2D eigenvalue weighted by atomic mass is 10.1. The Bertz CT molecular complexity index is 812. The summed E-state index contributed by atoms with van der Waals surface area (Å²) in [6.45, 7) is 0.334. The van der Waals surface area contributed by atoms with Crippen molar-refractivity contribution in [3.63, 3.8) is 0 Å². The Kier molecular flexibility index (Phi) is 3.89. The molecule has 0 bridgehead atoms. The minimum Gasteiger partial charge on any atom is -0.478 e. The number of rotatable bonds is 4. The minimum absolute atomic E-state index is 0.264. The van der Waals surface area contributed by atoms with Gasteiger partial charge in [-0.2, -0.15) is 0 Å². The summed E-state index contributed by atoms with van der Waals surface area (Å²) in [6.07, 6.45) is 1.65. The van der Waals surface area contributed by atoms with Gasteiger partial charge in [-0.25, -0.2) is 9.48 Å². The highest BCUT2D eigenvalue weighted by atomic mass is 35.5. The molecule has 0 aliphatic carbocycles. The molecule has 0 unspecified atom stereocenters. The first kappa shape index (κ1) is 14.3. The smallest absolute Gasteiger partial charge is 0.336 e. The molecule has 0 radical (unpaired) electrons. The zero-order valence-corrected chi connectivity index (χ0v) is 12.2. The van der Waals surface area contributed by atoms with Gasteiger partial charge in [0.05, 0.1) is 24.0 Å².